The summed E-state index contributed by atoms with van der Waals surface area (Å²) in [5, 5.41) is 2.88. The van der Waals surface area contributed by atoms with Crippen LogP contribution < -0.4 is 5.32 Å². The number of carbonyl (C=O) groups excluding carboxylic acids is 3. The Kier molecular flexibility index (Phi) is 31.6. The van der Waals surface area contributed by atoms with Crippen LogP contribution in [0.2, 0.25) is 0 Å². The van der Waals surface area contributed by atoms with Gasteiger partial charge in [0.1, 0.15) is 6.10 Å². The summed E-state index contributed by atoms with van der Waals surface area (Å²) in [6.45, 7) is 19.0. The molecule has 0 aromatic rings. The Labute approximate surface area is 251 Å². The average molecular weight is 605 g/mol. The summed E-state index contributed by atoms with van der Waals surface area (Å²) < 4.78 is 11.2. The number of hydrogen-bond donors (Lipinski definition) is 1. The van der Waals surface area contributed by atoms with Crippen molar-refractivity contribution in [2.75, 3.05) is 24.7 Å². The van der Waals surface area contributed by atoms with Crippen molar-refractivity contribution in [3.63, 3.8) is 0 Å². The topological polar surface area (TPSA) is 81.7 Å². The Hall–Kier alpha value is 0.0239. The van der Waals surface area contributed by atoms with Crippen molar-refractivity contribution >= 4 is 29.4 Å². The summed E-state index contributed by atoms with van der Waals surface area (Å²) >= 11 is 1.50. The molecule has 0 rings (SSSR count). The zero-order chi connectivity index (χ0) is 27.1. The Morgan fingerprint density at radius 1 is 0.972 bits per heavy atom. The minimum Gasteiger partial charge on any atom is -0.461 e. The van der Waals surface area contributed by atoms with Gasteiger partial charge in [0.15, 0.2) is 5.78 Å². The zero-order valence-corrected chi connectivity index (χ0v) is 27.8. The van der Waals surface area contributed by atoms with E-state index in [2.05, 4.69) is 39.9 Å². The second-order valence-electron chi connectivity index (χ2n) is 9.67. The van der Waals surface area contributed by atoms with Crippen LogP contribution in [0.3, 0.4) is 0 Å². The normalized spacial score (nSPS) is 12.3. The third-order valence-corrected chi connectivity index (χ3v) is 6.15. The van der Waals surface area contributed by atoms with Crippen LogP contribution in [0.25, 0.3) is 0 Å². The van der Waals surface area contributed by atoms with Gasteiger partial charge in [-0.2, -0.15) is 25.6 Å². The molecule has 1 N–H and O–H groups in total. The van der Waals surface area contributed by atoms with Crippen LogP contribution in [0.15, 0.2) is 0 Å². The van der Waals surface area contributed by atoms with Crippen LogP contribution in [-0.4, -0.2) is 54.5 Å². The summed E-state index contributed by atoms with van der Waals surface area (Å²) in [6.07, 6.45) is 7.58. The van der Waals surface area contributed by atoms with Crippen molar-refractivity contribution in [1.29, 1.82) is 0 Å². The number of thioether (sulfide) groups is 1. The van der Waals surface area contributed by atoms with Gasteiger partial charge in [0, 0.05) is 63.7 Å². The number of esters is 1. The number of ether oxygens (including phenoxy) is 2. The minimum atomic E-state index is -0.516. The fraction of sp³-hybridized carbons (Fsp3) is 0.821. The van der Waals surface area contributed by atoms with Gasteiger partial charge in [-0.1, -0.05) is 60.3 Å². The van der Waals surface area contributed by atoms with Crippen LogP contribution in [0.5, 0.6) is 0 Å². The molecule has 0 fully saturated rings. The second kappa shape index (κ2) is 28.0. The molecule has 0 saturated heterocycles. The second-order valence-corrected chi connectivity index (χ2v) is 10.7. The number of amides is 1. The summed E-state index contributed by atoms with van der Waals surface area (Å²) in [5.74, 6) is 1.78. The quantitative estimate of drug-likeness (QED) is 0.101. The van der Waals surface area contributed by atoms with Gasteiger partial charge in [-0.05, 0) is 24.7 Å². The number of rotatable bonds is 20. The molecule has 2 unspecified atom stereocenters. The summed E-state index contributed by atoms with van der Waals surface area (Å²) in [6, 6.07) is -0.516. The predicted octanol–water partition coefficient (Wildman–Crippen LogP) is 6.22. The van der Waals surface area contributed by atoms with Crippen molar-refractivity contribution in [1.82, 2.24) is 5.32 Å². The van der Waals surface area contributed by atoms with E-state index in [9.17, 15) is 14.4 Å². The number of unbranched alkanes of at least 4 members (excludes halogenated alkanes) is 1. The van der Waals surface area contributed by atoms with Crippen LogP contribution in [0.1, 0.15) is 99.8 Å². The summed E-state index contributed by atoms with van der Waals surface area (Å²) in [4.78, 5) is 36.3. The fourth-order valence-corrected chi connectivity index (χ4v) is 4.12. The Morgan fingerprint density at radius 2 is 1.56 bits per heavy atom. The van der Waals surface area contributed by atoms with Crippen LogP contribution in [0, 0.1) is 25.2 Å². The van der Waals surface area contributed by atoms with E-state index in [1.807, 2.05) is 20.3 Å². The van der Waals surface area contributed by atoms with Crippen LogP contribution >= 0.6 is 11.8 Å². The monoisotopic (exact) mass is 604 g/mol. The third-order valence-electron chi connectivity index (χ3n) is 4.97. The Morgan fingerprint density at radius 3 is 2.08 bits per heavy atom. The van der Waals surface area contributed by atoms with Gasteiger partial charge in [-0.3, -0.25) is 14.4 Å². The molecule has 1 amide bonds. The largest absolute Gasteiger partial charge is 0.461 e. The number of Topliss-reactive ketones (excluding diaryl/α,β-unsaturated/α-hetero) is 1. The molecule has 0 aromatic carbocycles. The van der Waals surface area contributed by atoms with E-state index in [4.69, 9.17) is 9.47 Å². The van der Waals surface area contributed by atoms with Gasteiger partial charge < -0.3 is 28.1 Å². The molecule has 1 radical (unpaired) electrons. The SMILES string of the molecule is C[CH-]C.[CH2-]CC(=O)OC(COCCCCC(C)C)CSCC(NC(=O)CCCC(C)C)C(=O)CC.[Y]. The van der Waals surface area contributed by atoms with E-state index >= 15 is 0 Å². The maximum Gasteiger partial charge on any atom is 0.275 e. The molecular formula is C28H53NO5SY-2. The van der Waals surface area contributed by atoms with E-state index in [1.54, 1.807) is 6.92 Å². The molecule has 0 saturated carbocycles. The predicted molar refractivity (Wildman–Crippen MR) is 148 cm³/mol. The Bertz CT molecular complexity index is 546. The minimum absolute atomic E-state index is 0. The summed E-state index contributed by atoms with van der Waals surface area (Å²) in [5.41, 5.74) is 0. The van der Waals surface area contributed by atoms with Crippen molar-refractivity contribution in [2.45, 2.75) is 112 Å². The fourth-order valence-electron chi connectivity index (χ4n) is 3.05. The number of carbonyl (C=O) groups is 3. The van der Waals surface area contributed by atoms with Crippen molar-refractivity contribution < 1.29 is 56.6 Å². The molecule has 36 heavy (non-hydrogen) atoms. The molecule has 0 spiro atoms. The van der Waals surface area contributed by atoms with E-state index in [1.165, 1.54) is 18.2 Å². The van der Waals surface area contributed by atoms with Crippen molar-refractivity contribution in [3.05, 3.63) is 13.3 Å². The molecule has 0 aliphatic rings. The molecule has 0 heterocycles. The van der Waals surface area contributed by atoms with E-state index < -0.39 is 12.1 Å². The Balaban J connectivity index is -0.00000258. The molecule has 0 bridgehead atoms. The first kappa shape index (κ1) is 40.5. The average Bonchev–Trinajstić information content (AvgIpc) is 2.79. The first-order valence-electron chi connectivity index (χ1n) is 13.3. The van der Waals surface area contributed by atoms with Gasteiger partial charge >= 0.3 is 0 Å². The van der Waals surface area contributed by atoms with Crippen LogP contribution in [-0.2, 0) is 56.6 Å². The molecule has 0 aliphatic carbocycles. The molecule has 211 valence electrons. The summed E-state index contributed by atoms with van der Waals surface area (Å²) in [7, 11) is 0. The van der Waals surface area contributed by atoms with E-state index in [0.717, 1.165) is 25.7 Å². The van der Waals surface area contributed by atoms with E-state index in [0.29, 0.717) is 49.4 Å². The maximum atomic E-state index is 12.3. The van der Waals surface area contributed by atoms with Crippen LogP contribution in [0.4, 0.5) is 0 Å². The zero-order valence-electron chi connectivity index (χ0n) is 24.1. The van der Waals surface area contributed by atoms with Gasteiger partial charge in [0.2, 0.25) is 5.91 Å². The molecule has 0 aromatic heterocycles. The molecule has 6 nitrogen and oxygen atoms in total. The smallest absolute Gasteiger partial charge is 0.275 e. The number of ketones is 1. The van der Waals surface area contributed by atoms with Gasteiger partial charge in [-0.15, -0.1) is 0 Å². The van der Waals surface area contributed by atoms with Gasteiger partial charge in [-0.25, -0.2) is 0 Å². The van der Waals surface area contributed by atoms with Gasteiger partial charge in [0.25, 0.3) is 5.97 Å². The standard InChI is InChI=1S/C25H46NO5S.C3H7.Y/c1-7-23(27)22(26-24(28)14-11-13-20(5)6)18-32-17-21(31-25(29)8-2)16-30-15-10-9-12-19(3)4;1-3-2;/h19-22H,2,7-18H2,1,3-6H3,(H,26,28);3H,1-2H3;/q2*-1;. The van der Waals surface area contributed by atoms with Gasteiger partial charge in [0.05, 0.1) is 12.6 Å². The number of hydrogen-bond acceptors (Lipinski definition) is 6. The molecule has 0 aliphatic heterocycles. The molecular weight excluding hydrogens is 551 g/mol. The first-order valence-corrected chi connectivity index (χ1v) is 14.5. The third kappa shape index (κ3) is 27.1. The first-order chi connectivity index (χ1) is 16.6. The van der Waals surface area contributed by atoms with Crippen molar-refractivity contribution in [2.24, 2.45) is 11.8 Å². The molecule has 2 atom stereocenters. The number of nitrogens with one attached hydrogen (secondary N) is 1. The molecule has 8 heteroatoms. The maximum absolute atomic E-state index is 12.3. The van der Waals surface area contributed by atoms with Crippen molar-refractivity contribution in [3.8, 4) is 0 Å². The van der Waals surface area contributed by atoms with E-state index in [-0.39, 0.29) is 56.8 Å².